The molecule has 11 nitrogen and oxygen atoms in total. The lowest BCUT2D eigenvalue weighted by Crippen LogP contribution is -2.23. The molecule has 11 heteroatoms. The fourth-order valence-electron chi connectivity index (χ4n) is 3.88. The van der Waals surface area contributed by atoms with Crippen molar-refractivity contribution in [2.45, 2.75) is 33.1 Å². The van der Waals surface area contributed by atoms with E-state index < -0.39 is 11.9 Å². The van der Waals surface area contributed by atoms with Crippen molar-refractivity contribution in [2.75, 3.05) is 19.3 Å². The van der Waals surface area contributed by atoms with Crippen LogP contribution >= 0.6 is 0 Å². The van der Waals surface area contributed by atoms with Gasteiger partial charge in [0.25, 0.3) is 5.91 Å². The lowest BCUT2D eigenvalue weighted by Gasteiger charge is -2.16. The number of nitrogens with two attached hydrogens (primary N) is 1. The number of ether oxygens (including phenoxy) is 1. The molecule has 0 atom stereocenters. The second-order valence-electron chi connectivity index (χ2n) is 7.74. The Bertz CT molecular complexity index is 1180. The highest BCUT2D eigenvalue weighted by molar-refractivity contribution is 6.00. The van der Waals surface area contributed by atoms with Gasteiger partial charge in [-0.1, -0.05) is 11.0 Å². The van der Waals surface area contributed by atoms with Crippen LogP contribution in [0.5, 0.6) is 5.75 Å². The van der Waals surface area contributed by atoms with Gasteiger partial charge in [0.05, 0.1) is 19.8 Å². The number of hydrogen-bond acceptors (Lipinski definition) is 7. The Labute approximate surface area is 196 Å². The summed E-state index contributed by atoms with van der Waals surface area (Å²) in [5, 5.41) is 10.2. The molecule has 0 unspecified atom stereocenters. The van der Waals surface area contributed by atoms with Crippen LogP contribution in [-0.2, 0) is 14.6 Å². The van der Waals surface area contributed by atoms with Crippen molar-refractivity contribution in [2.24, 2.45) is 5.84 Å². The summed E-state index contributed by atoms with van der Waals surface area (Å²) in [6, 6.07) is 7.34. The van der Waals surface area contributed by atoms with E-state index in [0.717, 1.165) is 33.5 Å². The first-order valence-electron chi connectivity index (χ1n) is 10.5. The Morgan fingerprint density at radius 1 is 1.15 bits per heavy atom. The number of anilines is 2. The van der Waals surface area contributed by atoms with Gasteiger partial charge in [-0.25, -0.2) is 5.48 Å². The first-order chi connectivity index (χ1) is 16.2. The molecule has 0 radical (unpaired) electrons. The van der Waals surface area contributed by atoms with E-state index in [1.807, 2.05) is 38.1 Å². The number of hydrogen-bond donors (Lipinski definition) is 3. The highest BCUT2D eigenvalue weighted by Gasteiger charge is 2.39. The quantitative estimate of drug-likeness (QED) is 0.195. The average Bonchev–Trinajstić information content (AvgIpc) is 3.45. The molecule has 1 heterocycles. The Balaban J connectivity index is 2.08. The number of aliphatic carboxylic acids is 1. The molecule has 0 saturated heterocycles. The van der Waals surface area contributed by atoms with E-state index in [2.05, 4.69) is 5.48 Å². The molecule has 0 spiro atoms. The van der Waals surface area contributed by atoms with Crippen molar-refractivity contribution in [1.29, 1.82) is 0 Å². The van der Waals surface area contributed by atoms with Crippen LogP contribution in [0.1, 0.15) is 51.9 Å². The predicted molar refractivity (Wildman–Crippen MR) is 123 cm³/mol. The van der Waals surface area contributed by atoms with E-state index in [4.69, 9.17) is 25.5 Å². The molecule has 0 fully saturated rings. The molecule has 2 aromatic rings. The Morgan fingerprint density at radius 3 is 2.44 bits per heavy atom. The van der Waals surface area contributed by atoms with Crippen LogP contribution in [0.4, 0.5) is 11.4 Å². The van der Waals surface area contributed by atoms with Crippen LogP contribution in [0.15, 0.2) is 30.3 Å². The number of carboxylic acids is 1. The molecule has 0 saturated carbocycles. The smallest absolute Gasteiger partial charge is 0.381 e. The van der Waals surface area contributed by atoms with Gasteiger partial charge in [-0.05, 0) is 78.8 Å². The van der Waals surface area contributed by atoms with Gasteiger partial charge in [-0.3, -0.25) is 14.4 Å². The molecule has 0 bridgehead atoms. The molecule has 1 aliphatic rings. The number of allylic oxidation sites excluding steroid dienone is 1. The standard InChI is InChI=1S/C23H26N4O7/c1-13-9-16(12-19-21(13)26(19)34-27(24)31)17(7-5-6-8-20(28)29)15-10-14(2)22(32-3)18(11-15)23(30)25-33-4/h7,9-12H,5-6,8H2,1-4H3,(H3-,24,25,28,29,30,31)/p+1/b17-7+. The number of hydroxylamine groups is 1. The number of carbonyl (C=O) groups is 2. The topological polar surface area (TPSA) is 143 Å². The van der Waals surface area contributed by atoms with Crippen LogP contribution in [0.25, 0.3) is 5.57 Å². The minimum Gasteiger partial charge on any atom is -0.496 e. The van der Waals surface area contributed by atoms with Crippen LogP contribution in [0.3, 0.4) is 0 Å². The molecule has 2 aromatic carbocycles. The minimum absolute atomic E-state index is 0.0353. The number of fused-ring (bicyclic) bond motifs is 1. The lowest BCUT2D eigenvalue weighted by atomic mass is 9.92. The summed E-state index contributed by atoms with van der Waals surface area (Å²) >= 11 is 0. The number of benzene rings is 2. The second-order valence-corrected chi connectivity index (χ2v) is 7.74. The van der Waals surface area contributed by atoms with Gasteiger partial charge in [-0.15, -0.1) is 10.9 Å². The van der Waals surface area contributed by atoms with Gasteiger partial charge in [0, 0.05) is 6.42 Å². The number of carboxylic acid groups (broad SMARTS) is 1. The van der Waals surface area contributed by atoms with Crippen LogP contribution < -0.4 is 21.1 Å². The summed E-state index contributed by atoms with van der Waals surface area (Å²) < 4.78 is 5.44. The summed E-state index contributed by atoms with van der Waals surface area (Å²) in [6.07, 6.45) is 2.91. The number of carbonyl (C=O) groups excluding carboxylic acids is 1. The maximum Gasteiger partial charge on any atom is 0.381 e. The molecule has 0 aliphatic carbocycles. The molecule has 1 amide bonds. The third-order valence-electron chi connectivity index (χ3n) is 5.30. The highest BCUT2D eigenvalue weighted by atomic mass is 16.9. The molecular weight excluding hydrogens is 444 g/mol. The Hall–Kier alpha value is -4.12. The number of rotatable bonds is 11. The zero-order chi connectivity index (χ0) is 25.0. The maximum absolute atomic E-state index is 12.6. The van der Waals surface area contributed by atoms with Crippen LogP contribution in [-0.4, -0.2) is 36.2 Å². The van der Waals surface area contributed by atoms with Crippen molar-refractivity contribution in [3.05, 3.63) is 63.1 Å². The molecule has 3 rings (SSSR count). The van der Waals surface area contributed by atoms with Crippen molar-refractivity contribution >= 4 is 28.8 Å². The van der Waals surface area contributed by atoms with E-state index in [-0.39, 0.29) is 17.0 Å². The monoisotopic (exact) mass is 471 g/mol. The first-order valence-corrected chi connectivity index (χ1v) is 10.5. The summed E-state index contributed by atoms with van der Waals surface area (Å²) in [5.41, 5.74) is 7.92. The molecule has 4 N–H and O–H groups in total. The van der Waals surface area contributed by atoms with Gasteiger partial charge in [-0.2, -0.15) is 0 Å². The fraction of sp³-hybridized carbons (Fsp3) is 0.304. The normalized spacial score (nSPS) is 12.1. The summed E-state index contributed by atoms with van der Waals surface area (Å²) in [7, 11) is 2.82. The number of unbranched alkanes of at least 4 members (excludes halogenated alkanes) is 1. The lowest BCUT2D eigenvalue weighted by molar-refractivity contribution is -0.812. The maximum atomic E-state index is 12.6. The molecule has 1 aliphatic heterocycles. The SMILES string of the molecule is CONC(=O)c1cc(/C(=C\CCCC(=O)O)c2cc(C)c3c(c2)N3O[N+](N)=O)cc(C)c1OC. The Morgan fingerprint density at radius 2 is 1.82 bits per heavy atom. The number of nitrogens with one attached hydrogen (secondary N) is 1. The summed E-state index contributed by atoms with van der Waals surface area (Å²) in [5.74, 6) is 4.14. The largest absolute Gasteiger partial charge is 0.496 e. The average molecular weight is 471 g/mol. The predicted octanol–water partition coefficient (Wildman–Crippen LogP) is 3.24. The van der Waals surface area contributed by atoms with E-state index in [1.54, 1.807) is 6.07 Å². The second kappa shape index (κ2) is 10.2. The van der Waals surface area contributed by atoms with Gasteiger partial charge in [0.2, 0.25) is 0 Å². The summed E-state index contributed by atoms with van der Waals surface area (Å²) in [6.45, 7) is 3.70. The third-order valence-corrected chi connectivity index (χ3v) is 5.30. The molecule has 0 aromatic heterocycles. The molecular formula is C23H27N4O7+. The summed E-state index contributed by atoms with van der Waals surface area (Å²) in [4.78, 5) is 44.4. The number of hydrazine groups is 1. The fourth-order valence-corrected chi connectivity index (χ4v) is 3.88. The first kappa shape index (κ1) is 24.5. The highest BCUT2D eigenvalue weighted by Crippen LogP contribution is 2.52. The van der Waals surface area contributed by atoms with Crippen LogP contribution in [0.2, 0.25) is 0 Å². The van der Waals surface area contributed by atoms with Gasteiger partial charge in [0.1, 0.15) is 22.0 Å². The Kier molecular flexibility index (Phi) is 7.37. The zero-order valence-electron chi connectivity index (χ0n) is 19.4. The zero-order valence-corrected chi connectivity index (χ0v) is 19.4. The van der Waals surface area contributed by atoms with E-state index in [9.17, 15) is 14.5 Å². The number of methoxy groups -OCH3 is 1. The van der Waals surface area contributed by atoms with Crippen molar-refractivity contribution in [3.63, 3.8) is 0 Å². The van der Waals surface area contributed by atoms with E-state index >= 15 is 0 Å². The number of amides is 1. The van der Waals surface area contributed by atoms with Gasteiger partial charge < -0.3 is 9.84 Å². The van der Waals surface area contributed by atoms with E-state index in [1.165, 1.54) is 19.3 Å². The van der Waals surface area contributed by atoms with Gasteiger partial charge in [0.15, 0.2) is 0 Å². The third kappa shape index (κ3) is 5.26. The van der Waals surface area contributed by atoms with Crippen molar-refractivity contribution in [3.8, 4) is 5.75 Å². The number of aryl methyl sites for hydroxylation is 2. The number of nitrogens with zero attached hydrogens (tertiary/aromatic N) is 2. The van der Waals surface area contributed by atoms with Gasteiger partial charge >= 0.3 is 11.0 Å². The molecule has 34 heavy (non-hydrogen) atoms. The van der Waals surface area contributed by atoms with Crippen molar-refractivity contribution in [1.82, 2.24) is 5.48 Å². The van der Waals surface area contributed by atoms with E-state index in [0.29, 0.717) is 24.3 Å². The van der Waals surface area contributed by atoms with Crippen LogP contribution in [0, 0.1) is 18.8 Å². The minimum atomic E-state index is -0.870. The van der Waals surface area contributed by atoms with Crippen molar-refractivity contribution < 1.29 is 34.2 Å². The molecule has 180 valence electrons.